The first kappa shape index (κ1) is 17.4. The summed E-state index contributed by atoms with van der Waals surface area (Å²) in [4.78, 5) is 15.3. The highest BCUT2D eigenvalue weighted by atomic mass is 32.2. The molecule has 3 rings (SSSR count). The van der Waals surface area contributed by atoms with Gasteiger partial charge in [-0.1, -0.05) is 42.1 Å². The summed E-state index contributed by atoms with van der Waals surface area (Å²) in [6, 6.07) is 11.6. The third kappa shape index (κ3) is 3.63. The Morgan fingerprint density at radius 2 is 2.04 bits per heavy atom. The van der Waals surface area contributed by atoms with Gasteiger partial charge >= 0.3 is 0 Å². The molecule has 1 fully saturated rings. The van der Waals surface area contributed by atoms with Crippen LogP contribution in [0, 0.1) is 5.92 Å². The van der Waals surface area contributed by atoms with E-state index in [-0.39, 0.29) is 17.7 Å². The lowest BCUT2D eigenvalue weighted by molar-refractivity contribution is 0.0788. The van der Waals surface area contributed by atoms with E-state index in [0.29, 0.717) is 41.2 Å². The smallest absolute Gasteiger partial charge is 0.288 e. The molecule has 1 aromatic carbocycles. The average Bonchev–Trinajstić information content (AvgIpc) is 3.21. The Morgan fingerprint density at radius 3 is 2.71 bits per heavy atom. The molecular weight excluding hydrogens is 350 g/mol. The van der Waals surface area contributed by atoms with Crippen molar-refractivity contribution in [2.75, 3.05) is 19.6 Å². The van der Waals surface area contributed by atoms with Crippen LogP contribution >= 0.6 is 23.1 Å². The van der Waals surface area contributed by atoms with Gasteiger partial charge in [0.2, 0.25) is 0 Å². The minimum atomic E-state index is -2.53. The van der Waals surface area contributed by atoms with E-state index >= 15 is 0 Å². The summed E-state index contributed by atoms with van der Waals surface area (Å²) < 4.78 is 25.3. The van der Waals surface area contributed by atoms with E-state index in [0.717, 1.165) is 5.56 Å². The highest BCUT2D eigenvalue weighted by Gasteiger charge is 2.36. The van der Waals surface area contributed by atoms with Gasteiger partial charge in [-0.3, -0.25) is 4.79 Å². The second-order valence-corrected chi connectivity index (χ2v) is 7.66. The first-order valence-corrected chi connectivity index (χ1v) is 9.42. The fraction of sp³-hybridized carbons (Fsp3) is 0.353. The molecule has 2 aromatic rings. The van der Waals surface area contributed by atoms with E-state index in [1.54, 1.807) is 16.3 Å². The van der Waals surface area contributed by atoms with E-state index in [1.165, 1.54) is 11.3 Å². The van der Waals surface area contributed by atoms with Gasteiger partial charge < -0.3 is 10.6 Å². The van der Waals surface area contributed by atoms with Crippen molar-refractivity contribution < 1.29 is 13.6 Å². The summed E-state index contributed by atoms with van der Waals surface area (Å²) in [5.74, 6) is -2.34. The van der Waals surface area contributed by atoms with Gasteiger partial charge in [0.15, 0.2) is 0 Å². The number of thioether (sulfide) groups is 1. The molecule has 0 saturated carbocycles. The summed E-state index contributed by atoms with van der Waals surface area (Å²) in [5, 5.41) is 1.68. The molecule has 0 spiro atoms. The number of benzene rings is 1. The number of carbonyl (C=O) groups excluding carboxylic acids is 1. The molecular formula is C17H18F2N2OS2. The van der Waals surface area contributed by atoms with Crippen molar-refractivity contribution in [2.24, 2.45) is 11.7 Å². The van der Waals surface area contributed by atoms with E-state index in [1.807, 2.05) is 30.3 Å². The molecule has 0 unspecified atom stereocenters. The molecule has 2 atom stereocenters. The minimum absolute atomic E-state index is 0.176. The zero-order valence-electron chi connectivity index (χ0n) is 12.9. The first-order chi connectivity index (χ1) is 11.6. The van der Waals surface area contributed by atoms with Crippen molar-refractivity contribution in [3.05, 3.63) is 52.2 Å². The number of hydrogen-bond donors (Lipinski definition) is 1. The van der Waals surface area contributed by atoms with Crippen LogP contribution in [0.1, 0.15) is 21.2 Å². The molecule has 0 aliphatic carbocycles. The summed E-state index contributed by atoms with van der Waals surface area (Å²) in [5.41, 5.74) is 7.06. The maximum Gasteiger partial charge on any atom is 0.288 e. The van der Waals surface area contributed by atoms with E-state index in [4.69, 9.17) is 5.73 Å². The van der Waals surface area contributed by atoms with Crippen molar-refractivity contribution in [1.82, 2.24) is 4.90 Å². The van der Waals surface area contributed by atoms with Gasteiger partial charge in [0, 0.05) is 23.9 Å². The number of nitrogens with two attached hydrogens (primary N) is 1. The third-order valence-electron chi connectivity index (χ3n) is 4.30. The molecule has 2 heterocycles. The number of halogens is 2. The maximum absolute atomic E-state index is 12.8. The Balaban J connectivity index is 1.78. The Morgan fingerprint density at radius 1 is 1.29 bits per heavy atom. The molecule has 1 aliphatic rings. The van der Waals surface area contributed by atoms with Crippen LogP contribution in [0.3, 0.4) is 0 Å². The molecule has 24 heavy (non-hydrogen) atoms. The van der Waals surface area contributed by atoms with Gasteiger partial charge in [-0.25, -0.2) is 0 Å². The largest absolute Gasteiger partial charge is 0.337 e. The predicted molar refractivity (Wildman–Crippen MR) is 93.8 cm³/mol. The average molecular weight is 368 g/mol. The van der Waals surface area contributed by atoms with Crippen LogP contribution < -0.4 is 5.73 Å². The quantitative estimate of drug-likeness (QED) is 0.815. The lowest BCUT2D eigenvalue weighted by Gasteiger charge is -2.17. The van der Waals surface area contributed by atoms with Crippen molar-refractivity contribution >= 4 is 29.0 Å². The second-order valence-electron chi connectivity index (χ2n) is 5.72. The van der Waals surface area contributed by atoms with Gasteiger partial charge in [-0.2, -0.15) is 8.78 Å². The lowest BCUT2D eigenvalue weighted by Crippen LogP contribution is -2.29. The van der Waals surface area contributed by atoms with Crippen LogP contribution in [-0.4, -0.2) is 36.2 Å². The number of nitrogens with zero attached hydrogens (tertiary/aromatic N) is 1. The number of hydrogen-bond acceptors (Lipinski definition) is 4. The zero-order valence-corrected chi connectivity index (χ0v) is 14.5. The Bertz CT molecular complexity index is 693. The predicted octanol–water partition coefficient (Wildman–Crippen LogP) is 3.88. The van der Waals surface area contributed by atoms with Gasteiger partial charge in [0.05, 0.1) is 0 Å². The first-order valence-electron chi connectivity index (χ1n) is 7.66. The molecule has 0 bridgehead atoms. The van der Waals surface area contributed by atoms with Gasteiger partial charge in [-0.05, 0) is 29.5 Å². The lowest BCUT2D eigenvalue weighted by atomic mass is 9.89. The molecule has 2 N–H and O–H groups in total. The number of thiophene rings is 1. The van der Waals surface area contributed by atoms with Gasteiger partial charge in [-0.15, -0.1) is 11.3 Å². The fourth-order valence-electron chi connectivity index (χ4n) is 3.14. The number of rotatable bonds is 5. The van der Waals surface area contributed by atoms with E-state index in [2.05, 4.69) is 0 Å². The Hall–Kier alpha value is -1.44. The molecule has 1 aliphatic heterocycles. The standard InChI is InChI=1S/C17H18F2N2OS2/c18-17(19)24-14-6-7-23-15(14)16(22)21-9-12(8-20)13(10-21)11-4-2-1-3-5-11/h1-7,12-13,17H,8-10,20H2/t12-,13+/m1/s1. The van der Waals surface area contributed by atoms with E-state index < -0.39 is 5.76 Å². The SMILES string of the molecule is NC[C@@H]1CN(C(=O)c2sccc2SC(F)F)C[C@H]1c1ccccc1. The highest BCUT2D eigenvalue weighted by Crippen LogP contribution is 2.36. The van der Waals surface area contributed by atoms with Crippen molar-refractivity contribution in [1.29, 1.82) is 0 Å². The number of carbonyl (C=O) groups is 1. The minimum Gasteiger partial charge on any atom is -0.337 e. The summed E-state index contributed by atoms with van der Waals surface area (Å²) in [7, 11) is 0. The third-order valence-corrected chi connectivity index (χ3v) is 6.10. The molecule has 7 heteroatoms. The Labute approximate surface area is 147 Å². The molecule has 3 nitrogen and oxygen atoms in total. The van der Waals surface area contributed by atoms with Crippen LogP contribution in [0.15, 0.2) is 46.7 Å². The number of alkyl halides is 2. The van der Waals surface area contributed by atoms with Crippen molar-refractivity contribution in [2.45, 2.75) is 16.6 Å². The zero-order chi connectivity index (χ0) is 17.1. The topological polar surface area (TPSA) is 46.3 Å². The van der Waals surface area contributed by atoms with Crippen LogP contribution in [0.5, 0.6) is 0 Å². The molecule has 1 aromatic heterocycles. The maximum atomic E-state index is 12.8. The molecule has 1 saturated heterocycles. The van der Waals surface area contributed by atoms with Crippen LogP contribution in [0.2, 0.25) is 0 Å². The highest BCUT2D eigenvalue weighted by molar-refractivity contribution is 7.99. The Kier molecular flexibility index (Phi) is 5.53. The van der Waals surface area contributed by atoms with Crippen LogP contribution in [0.4, 0.5) is 8.78 Å². The number of likely N-dealkylation sites (tertiary alicyclic amines) is 1. The van der Waals surface area contributed by atoms with Crippen molar-refractivity contribution in [3.63, 3.8) is 0 Å². The van der Waals surface area contributed by atoms with Gasteiger partial charge in [0.25, 0.3) is 11.7 Å². The summed E-state index contributed by atoms with van der Waals surface area (Å²) >= 11 is 1.64. The second kappa shape index (κ2) is 7.63. The van der Waals surface area contributed by atoms with Crippen LogP contribution in [0.25, 0.3) is 0 Å². The fourth-order valence-corrected chi connectivity index (χ4v) is 4.80. The van der Waals surface area contributed by atoms with Crippen molar-refractivity contribution in [3.8, 4) is 0 Å². The summed E-state index contributed by atoms with van der Waals surface area (Å²) in [6.45, 7) is 1.62. The molecule has 1 amide bonds. The van der Waals surface area contributed by atoms with E-state index in [9.17, 15) is 13.6 Å². The molecule has 128 valence electrons. The van der Waals surface area contributed by atoms with Crippen LogP contribution in [-0.2, 0) is 0 Å². The van der Waals surface area contributed by atoms with Gasteiger partial charge in [0.1, 0.15) is 4.88 Å². The summed E-state index contributed by atoms with van der Waals surface area (Å²) in [6.07, 6.45) is 0. The number of amides is 1. The normalized spacial score (nSPS) is 20.8. The molecule has 0 radical (unpaired) electrons. The monoisotopic (exact) mass is 368 g/mol.